The Morgan fingerprint density at radius 2 is 1.97 bits per heavy atom. The molecule has 2 saturated heterocycles. The molecule has 2 aromatic rings. The smallest absolute Gasteiger partial charge is 0.409 e. The molecule has 11 heteroatoms. The monoisotopic (exact) mass is 501 g/mol. The number of amides is 2. The fourth-order valence-corrected chi connectivity index (χ4v) is 5.39. The highest BCUT2D eigenvalue weighted by atomic mass is 32.2. The lowest BCUT2D eigenvalue weighted by atomic mass is 10.2. The standard InChI is InChI=1S/C23H27N5O4S2/c1-4-15(3)28-21(30)17(34-23(28)33)14-16-19(24-18-8-6-7-9-27(18)20(16)29)25-10-12-26(13-11-25)22(31)32-5-2/h6-9,14-15H,4-5,10-13H2,1-3H3. The van der Waals surface area contributed by atoms with Gasteiger partial charge >= 0.3 is 6.09 Å². The zero-order chi connectivity index (χ0) is 24.4. The molecule has 9 nitrogen and oxygen atoms in total. The van der Waals surface area contributed by atoms with Crippen molar-refractivity contribution in [3.63, 3.8) is 0 Å². The first kappa shape index (κ1) is 24.2. The number of piperazine rings is 1. The van der Waals surface area contributed by atoms with E-state index in [9.17, 15) is 14.4 Å². The van der Waals surface area contributed by atoms with Crippen molar-refractivity contribution in [1.82, 2.24) is 19.2 Å². The third-order valence-electron chi connectivity index (χ3n) is 5.98. The van der Waals surface area contributed by atoms with E-state index in [1.54, 1.807) is 41.1 Å². The number of pyridine rings is 1. The van der Waals surface area contributed by atoms with Crippen molar-refractivity contribution in [2.24, 2.45) is 0 Å². The van der Waals surface area contributed by atoms with Crippen LogP contribution in [-0.2, 0) is 9.53 Å². The second-order valence-corrected chi connectivity index (χ2v) is 9.74. The molecule has 0 saturated carbocycles. The summed E-state index contributed by atoms with van der Waals surface area (Å²) >= 11 is 6.65. The predicted molar refractivity (Wildman–Crippen MR) is 137 cm³/mol. The molecule has 2 aliphatic rings. The van der Waals surface area contributed by atoms with Gasteiger partial charge in [-0.25, -0.2) is 9.78 Å². The lowest BCUT2D eigenvalue weighted by Crippen LogP contribution is -2.49. The highest BCUT2D eigenvalue weighted by molar-refractivity contribution is 8.26. The van der Waals surface area contributed by atoms with Crippen molar-refractivity contribution < 1.29 is 14.3 Å². The minimum Gasteiger partial charge on any atom is -0.450 e. The second kappa shape index (κ2) is 10.1. The number of hydrogen-bond donors (Lipinski definition) is 0. The number of anilines is 1. The molecular formula is C23H27N5O4S2. The highest BCUT2D eigenvalue weighted by Gasteiger charge is 2.35. The lowest BCUT2D eigenvalue weighted by Gasteiger charge is -2.35. The summed E-state index contributed by atoms with van der Waals surface area (Å²) in [5.41, 5.74) is 0.583. The zero-order valence-electron chi connectivity index (χ0n) is 19.4. The Labute approximate surface area is 207 Å². The van der Waals surface area contributed by atoms with Gasteiger partial charge in [0.1, 0.15) is 15.8 Å². The third-order valence-corrected chi connectivity index (χ3v) is 7.32. The Bertz CT molecular complexity index is 1220. The summed E-state index contributed by atoms with van der Waals surface area (Å²) in [4.78, 5) is 49.1. The fourth-order valence-electron chi connectivity index (χ4n) is 3.95. The Morgan fingerprint density at radius 1 is 1.24 bits per heavy atom. The number of ether oxygens (including phenoxy) is 1. The lowest BCUT2D eigenvalue weighted by molar-refractivity contribution is -0.123. The number of fused-ring (bicyclic) bond motifs is 1. The summed E-state index contributed by atoms with van der Waals surface area (Å²) in [6, 6.07) is 5.33. The fraction of sp³-hybridized carbons (Fsp3) is 0.435. The van der Waals surface area contributed by atoms with Gasteiger partial charge in [-0.1, -0.05) is 37.0 Å². The van der Waals surface area contributed by atoms with Crippen LogP contribution in [0.4, 0.5) is 10.6 Å². The van der Waals surface area contributed by atoms with Gasteiger partial charge in [0.25, 0.3) is 11.5 Å². The van der Waals surface area contributed by atoms with Crippen molar-refractivity contribution in [1.29, 1.82) is 0 Å². The number of rotatable bonds is 5. The maximum atomic E-state index is 13.5. The van der Waals surface area contributed by atoms with Crippen LogP contribution in [0.3, 0.4) is 0 Å². The van der Waals surface area contributed by atoms with E-state index >= 15 is 0 Å². The maximum Gasteiger partial charge on any atom is 0.409 e. The van der Waals surface area contributed by atoms with E-state index in [0.717, 1.165) is 6.42 Å². The molecule has 0 radical (unpaired) electrons. The van der Waals surface area contributed by atoms with Crippen LogP contribution in [-0.4, -0.2) is 74.3 Å². The van der Waals surface area contributed by atoms with E-state index in [-0.39, 0.29) is 23.6 Å². The first-order valence-electron chi connectivity index (χ1n) is 11.3. The molecule has 2 amide bonds. The molecule has 1 atom stereocenters. The Balaban J connectivity index is 1.73. The maximum absolute atomic E-state index is 13.5. The van der Waals surface area contributed by atoms with Gasteiger partial charge in [-0.2, -0.15) is 0 Å². The largest absolute Gasteiger partial charge is 0.450 e. The van der Waals surface area contributed by atoms with Crippen LogP contribution in [0, 0.1) is 0 Å². The molecule has 0 bridgehead atoms. The minimum absolute atomic E-state index is 0.0235. The van der Waals surface area contributed by atoms with Crippen molar-refractivity contribution in [3.8, 4) is 0 Å². The summed E-state index contributed by atoms with van der Waals surface area (Å²) in [7, 11) is 0. The van der Waals surface area contributed by atoms with E-state index in [1.807, 2.05) is 24.8 Å². The minimum atomic E-state index is -0.345. The predicted octanol–water partition coefficient (Wildman–Crippen LogP) is 2.97. The summed E-state index contributed by atoms with van der Waals surface area (Å²) < 4.78 is 7.07. The summed E-state index contributed by atoms with van der Waals surface area (Å²) in [6.45, 7) is 7.92. The summed E-state index contributed by atoms with van der Waals surface area (Å²) in [5, 5.41) is 0. The highest BCUT2D eigenvalue weighted by Crippen LogP contribution is 2.35. The van der Waals surface area contributed by atoms with E-state index in [4.69, 9.17) is 21.9 Å². The van der Waals surface area contributed by atoms with Crippen molar-refractivity contribution in [2.45, 2.75) is 33.2 Å². The molecule has 4 heterocycles. The zero-order valence-corrected chi connectivity index (χ0v) is 21.0. The van der Waals surface area contributed by atoms with Crippen LogP contribution in [0.25, 0.3) is 11.7 Å². The van der Waals surface area contributed by atoms with Crippen LogP contribution in [0.15, 0.2) is 34.1 Å². The molecule has 1 unspecified atom stereocenters. The molecule has 4 rings (SSSR count). The van der Waals surface area contributed by atoms with E-state index in [2.05, 4.69) is 0 Å². The topological polar surface area (TPSA) is 87.5 Å². The van der Waals surface area contributed by atoms with E-state index in [0.29, 0.717) is 59.0 Å². The van der Waals surface area contributed by atoms with Crippen molar-refractivity contribution in [3.05, 3.63) is 45.2 Å². The average Bonchev–Trinajstić information content (AvgIpc) is 3.13. The van der Waals surface area contributed by atoms with Crippen molar-refractivity contribution in [2.75, 3.05) is 37.7 Å². The average molecular weight is 502 g/mol. The van der Waals surface area contributed by atoms with Crippen LogP contribution in [0.2, 0.25) is 0 Å². The normalized spacial score (nSPS) is 18.8. The van der Waals surface area contributed by atoms with Gasteiger partial charge in [0, 0.05) is 38.4 Å². The summed E-state index contributed by atoms with van der Waals surface area (Å²) in [5.74, 6) is 0.300. The molecule has 2 fully saturated rings. The van der Waals surface area contributed by atoms with Gasteiger partial charge in [0.05, 0.1) is 17.1 Å². The number of hydrogen-bond acceptors (Lipinski definition) is 8. The molecule has 180 valence electrons. The molecular weight excluding hydrogens is 474 g/mol. The van der Waals surface area contributed by atoms with Crippen LogP contribution >= 0.6 is 24.0 Å². The van der Waals surface area contributed by atoms with Crippen LogP contribution < -0.4 is 10.5 Å². The molecule has 0 aromatic carbocycles. The van der Waals surface area contributed by atoms with Gasteiger partial charge < -0.3 is 14.5 Å². The quantitative estimate of drug-likeness (QED) is 0.457. The first-order chi connectivity index (χ1) is 16.3. The molecule has 0 spiro atoms. The van der Waals surface area contributed by atoms with Gasteiger partial charge in [-0.15, -0.1) is 0 Å². The Kier molecular flexibility index (Phi) is 7.22. The number of thioether (sulfide) groups is 1. The van der Waals surface area contributed by atoms with Gasteiger partial charge in [0.2, 0.25) is 0 Å². The van der Waals surface area contributed by atoms with E-state index < -0.39 is 0 Å². The molecule has 0 aliphatic carbocycles. The van der Waals surface area contributed by atoms with Gasteiger partial charge in [-0.3, -0.25) is 18.9 Å². The number of thiocarbonyl (C=S) groups is 1. The number of carbonyl (C=O) groups is 2. The molecule has 0 N–H and O–H groups in total. The molecule has 2 aromatic heterocycles. The Hall–Kier alpha value is -2.92. The molecule has 2 aliphatic heterocycles. The second-order valence-electron chi connectivity index (χ2n) is 8.07. The first-order valence-corrected chi connectivity index (χ1v) is 12.5. The SMILES string of the molecule is CCOC(=O)N1CCN(c2nc3ccccn3c(=O)c2C=C2SC(=S)N(C(C)CC)C2=O)CC1. The number of nitrogens with zero attached hydrogens (tertiary/aromatic N) is 5. The van der Waals surface area contributed by atoms with E-state index in [1.165, 1.54) is 16.2 Å². The number of aromatic nitrogens is 2. The third kappa shape index (κ3) is 4.54. The Morgan fingerprint density at radius 3 is 2.65 bits per heavy atom. The van der Waals surface area contributed by atoms with Gasteiger partial charge in [0.15, 0.2) is 0 Å². The van der Waals surface area contributed by atoms with Gasteiger partial charge in [-0.05, 0) is 38.5 Å². The van der Waals surface area contributed by atoms with Crippen LogP contribution in [0.5, 0.6) is 0 Å². The summed E-state index contributed by atoms with van der Waals surface area (Å²) in [6.07, 6.45) is 3.71. The number of carbonyl (C=O) groups excluding carboxylic acids is 2. The molecule has 34 heavy (non-hydrogen) atoms. The van der Waals surface area contributed by atoms with Crippen LogP contribution in [0.1, 0.15) is 32.8 Å². The van der Waals surface area contributed by atoms with Crippen molar-refractivity contribution >= 4 is 57.8 Å².